The number of benzene rings is 2. The summed E-state index contributed by atoms with van der Waals surface area (Å²) < 4.78 is 18.5. The molecule has 0 aliphatic heterocycles. The number of hydrogen-bond acceptors (Lipinski definition) is 3. The first-order valence-electron chi connectivity index (χ1n) is 7.46. The van der Waals surface area contributed by atoms with Crippen molar-refractivity contribution >= 4 is 23.6 Å². The molecule has 5 heteroatoms. The van der Waals surface area contributed by atoms with E-state index in [1.165, 1.54) is 31.2 Å². The minimum Gasteiger partial charge on any atom is -0.449 e. The van der Waals surface area contributed by atoms with Crippen molar-refractivity contribution in [2.45, 2.75) is 20.0 Å². The van der Waals surface area contributed by atoms with Gasteiger partial charge < -0.3 is 10.1 Å². The van der Waals surface area contributed by atoms with Gasteiger partial charge in [-0.25, -0.2) is 9.18 Å². The second-order valence-electron chi connectivity index (χ2n) is 5.29. The van der Waals surface area contributed by atoms with Crippen molar-refractivity contribution in [1.29, 1.82) is 0 Å². The van der Waals surface area contributed by atoms with Gasteiger partial charge in [-0.05, 0) is 37.6 Å². The van der Waals surface area contributed by atoms with Crippen molar-refractivity contribution in [2.24, 2.45) is 0 Å². The first kappa shape index (κ1) is 17.4. The smallest absolute Gasteiger partial charge is 0.331 e. The van der Waals surface area contributed by atoms with Crippen LogP contribution < -0.4 is 5.32 Å². The average molecular weight is 327 g/mol. The maximum atomic E-state index is 13.5. The van der Waals surface area contributed by atoms with Crippen LogP contribution in [0.4, 0.5) is 10.1 Å². The fourth-order valence-corrected chi connectivity index (χ4v) is 1.91. The molecule has 2 rings (SSSR count). The van der Waals surface area contributed by atoms with Gasteiger partial charge in [0.2, 0.25) is 0 Å². The summed E-state index contributed by atoms with van der Waals surface area (Å²) in [6.07, 6.45) is 1.81. The van der Waals surface area contributed by atoms with Crippen LogP contribution in [0.1, 0.15) is 18.1 Å². The zero-order valence-electron chi connectivity index (χ0n) is 13.5. The van der Waals surface area contributed by atoms with Gasteiger partial charge in [0.05, 0.1) is 5.69 Å². The van der Waals surface area contributed by atoms with E-state index in [2.05, 4.69) is 5.32 Å². The molecule has 0 aliphatic carbocycles. The number of para-hydroxylation sites is 1. The molecule has 4 nitrogen and oxygen atoms in total. The molecule has 0 saturated carbocycles. The van der Waals surface area contributed by atoms with Crippen molar-refractivity contribution in [3.63, 3.8) is 0 Å². The lowest BCUT2D eigenvalue weighted by atomic mass is 10.1. The second kappa shape index (κ2) is 8.06. The van der Waals surface area contributed by atoms with E-state index in [-0.39, 0.29) is 5.69 Å². The van der Waals surface area contributed by atoms with E-state index in [4.69, 9.17) is 4.74 Å². The Morgan fingerprint density at radius 3 is 2.46 bits per heavy atom. The van der Waals surface area contributed by atoms with Crippen LogP contribution in [-0.2, 0) is 14.3 Å². The standard InChI is InChI=1S/C19H18FNO3/c1-13-7-9-15(10-8-13)11-12-18(22)24-14(2)19(23)21-17-6-4-3-5-16(17)20/h3-12,14H,1-2H3,(H,21,23)/b12-11+/t14-/m1/s1. The molecule has 1 atom stereocenters. The van der Waals surface area contributed by atoms with E-state index >= 15 is 0 Å². The Hall–Kier alpha value is -2.95. The summed E-state index contributed by atoms with van der Waals surface area (Å²) >= 11 is 0. The molecule has 0 spiro atoms. The number of ether oxygens (including phenoxy) is 1. The van der Waals surface area contributed by atoms with Gasteiger partial charge in [0, 0.05) is 6.08 Å². The second-order valence-corrected chi connectivity index (χ2v) is 5.29. The Morgan fingerprint density at radius 1 is 1.12 bits per heavy atom. The monoisotopic (exact) mass is 327 g/mol. The van der Waals surface area contributed by atoms with Crippen LogP contribution in [0.15, 0.2) is 54.6 Å². The fourth-order valence-electron chi connectivity index (χ4n) is 1.91. The molecule has 0 heterocycles. The third kappa shape index (κ3) is 5.05. The van der Waals surface area contributed by atoms with Gasteiger partial charge in [0.25, 0.3) is 5.91 Å². The highest BCUT2D eigenvalue weighted by Crippen LogP contribution is 2.13. The summed E-state index contributed by atoms with van der Waals surface area (Å²) in [5.74, 6) is -1.80. The number of rotatable bonds is 5. The number of esters is 1. The van der Waals surface area contributed by atoms with E-state index in [0.717, 1.165) is 11.1 Å². The van der Waals surface area contributed by atoms with Gasteiger partial charge in [-0.1, -0.05) is 42.0 Å². The predicted molar refractivity (Wildman–Crippen MR) is 90.8 cm³/mol. The van der Waals surface area contributed by atoms with Gasteiger partial charge in [-0.15, -0.1) is 0 Å². The van der Waals surface area contributed by atoms with Gasteiger partial charge in [0.1, 0.15) is 5.82 Å². The van der Waals surface area contributed by atoms with Gasteiger partial charge in [-0.3, -0.25) is 4.79 Å². The molecule has 0 unspecified atom stereocenters. The van der Waals surface area contributed by atoms with Gasteiger partial charge in [-0.2, -0.15) is 0 Å². The highest BCUT2D eigenvalue weighted by atomic mass is 19.1. The highest BCUT2D eigenvalue weighted by molar-refractivity contribution is 5.96. The molecule has 2 aromatic rings. The zero-order valence-corrected chi connectivity index (χ0v) is 13.5. The van der Waals surface area contributed by atoms with Crippen LogP contribution in [0.25, 0.3) is 6.08 Å². The Balaban J connectivity index is 1.90. The largest absolute Gasteiger partial charge is 0.449 e. The maximum absolute atomic E-state index is 13.5. The van der Waals surface area contributed by atoms with E-state index in [9.17, 15) is 14.0 Å². The number of nitrogens with one attached hydrogen (secondary N) is 1. The third-order valence-electron chi connectivity index (χ3n) is 3.28. The molecule has 1 N–H and O–H groups in total. The molecular weight excluding hydrogens is 309 g/mol. The van der Waals surface area contributed by atoms with E-state index < -0.39 is 23.8 Å². The average Bonchev–Trinajstić information content (AvgIpc) is 2.56. The van der Waals surface area contributed by atoms with Crippen molar-refractivity contribution in [1.82, 2.24) is 0 Å². The quantitative estimate of drug-likeness (QED) is 0.673. The Bertz CT molecular complexity index is 753. The summed E-state index contributed by atoms with van der Waals surface area (Å²) in [6, 6.07) is 13.4. The highest BCUT2D eigenvalue weighted by Gasteiger charge is 2.17. The molecule has 24 heavy (non-hydrogen) atoms. The summed E-state index contributed by atoms with van der Waals surface area (Å²) in [5.41, 5.74) is 2.01. The molecule has 124 valence electrons. The molecule has 0 fully saturated rings. The first-order valence-corrected chi connectivity index (χ1v) is 7.46. The molecule has 2 aromatic carbocycles. The minimum atomic E-state index is -1.04. The Morgan fingerprint density at radius 2 is 1.79 bits per heavy atom. The van der Waals surface area contributed by atoms with E-state index in [0.29, 0.717) is 0 Å². The molecule has 1 amide bonds. The first-order chi connectivity index (χ1) is 11.5. The number of halogens is 1. The zero-order chi connectivity index (χ0) is 17.5. The third-order valence-corrected chi connectivity index (χ3v) is 3.28. The molecular formula is C19H18FNO3. The Kier molecular flexibility index (Phi) is 5.84. The Labute approximate surface area is 140 Å². The summed E-state index contributed by atoms with van der Waals surface area (Å²) in [5, 5.41) is 2.38. The minimum absolute atomic E-state index is 0.0422. The summed E-state index contributed by atoms with van der Waals surface area (Å²) in [6.45, 7) is 3.39. The van der Waals surface area contributed by atoms with Crippen LogP contribution in [-0.4, -0.2) is 18.0 Å². The molecule has 0 saturated heterocycles. The molecule has 0 aromatic heterocycles. The van der Waals surface area contributed by atoms with E-state index in [1.807, 2.05) is 31.2 Å². The van der Waals surface area contributed by atoms with Crippen LogP contribution in [0, 0.1) is 12.7 Å². The van der Waals surface area contributed by atoms with Crippen LogP contribution in [0.3, 0.4) is 0 Å². The van der Waals surface area contributed by atoms with E-state index in [1.54, 1.807) is 12.1 Å². The number of hydrogen-bond donors (Lipinski definition) is 1. The van der Waals surface area contributed by atoms with Gasteiger partial charge in [0.15, 0.2) is 6.10 Å². The number of aryl methyl sites for hydroxylation is 1. The van der Waals surface area contributed by atoms with Crippen LogP contribution in [0.5, 0.6) is 0 Å². The lowest BCUT2D eigenvalue weighted by Gasteiger charge is -2.12. The molecule has 0 radical (unpaired) electrons. The lowest BCUT2D eigenvalue weighted by molar-refractivity contribution is -0.148. The molecule has 0 bridgehead atoms. The normalized spacial score (nSPS) is 12.0. The topological polar surface area (TPSA) is 55.4 Å². The van der Waals surface area contributed by atoms with Crippen molar-refractivity contribution in [2.75, 3.05) is 5.32 Å². The maximum Gasteiger partial charge on any atom is 0.331 e. The summed E-state index contributed by atoms with van der Waals surface area (Å²) in [7, 11) is 0. The number of carbonyl (C=O) groups is 2. The number of amides is 1. The lowest BCUT2D eigenvalue weighted by Crippen LogP contribution is -2.29. The molecule has 0 aliphatic rings. The van der Waals surface area contributed by atoms with Crippen LogP contribution >= 0.6 is 0 Å². The van der Waals surface area contributed by atoms with Gasteiger partial charge >= 0.3 is 5.97 Å². The van der Waals surface area contributed by atoms with Crippen molar-refractivity contribution < 1.29 is 18.7 Å². The van der Waals surface area contributed by atoms with Crippen molar-refractivity contribution in [3.8, 4) is 0 Å². The SMILES string of the molecule is Cc1ccc(/C=C/C(=O)O[C@H](C)C(=O)Nc2ccccc2F)cc1. The van der Waals surface area contributed by atoms with Crippen LogP contribution in [0.2, 0.25) is 0 Å². The number of carbonyl (C=O) groups excluding carboxylic acids is 2. The van der Waals surface area contributed by atoms with Crippen molar-refractivity contribution in [3.05, 3.63) is 71.6 Å². The summed E-state index contributed by atoms with van der Waals surface area (Å²) in [4.78, 5) is 23.7. The predicted octanol–water partition coefficient (Wildman–Crippen LogP) is 3.72. The number of anilines is 1. The fraction of sp³-hybridized carbons (Fsp3) is 0.158.